The van der Waals surface area contributed by atoms with E-state index in [-0.39, 0.29) is 6.04 Å². The lowest BCUT2D eigenvalue weighted by Crippen LogP contribution is -2.38. The van der Waals surface area contributed by atoms with Crippen molar-refractivity contribution in [1.82, 2.24) is 10.3 Å². The molecule has 0 spiro atoms. The molecule has 2 N–H and O–H groups in total. The van der Waals surface area contributed by atoms with E-state index in [0.29, 0.717) is 10.0 Å². The molecule has 0 aliphatic carbocycles. The van der Waals surface area contributed by atoms with Crippen LogP contribution in [0.2, 0.25) is 10.0 Å². The van der Waals surface area contributed by atoms with Crippen LogP contribution in [0.3, 0.4) is 0 Å². The Labute approximate surface area is 163 Å². The highest BCUT2D eigenvalue weighted by molar-refractivity contribution is 6.42. The number of fused-ring (bicyclic) bond motifs is 1. The first-order chi connectivity index (χ1) is 12.6. The van der Waals surface area contributed by atoms with Crippen LogP contribution < -0.4 is 5.32 Å². The number of rotatable bonds is 3. The molecule has 1 aliphatic rings. The van der Waals surface area contributed by atoms with Crippen LogP contribution in [-0.4, -0.2) is 22.7 Å². The first-order valence-corrected chi connectivity index (χ1v) is 9.65. The Morgan fingerprint density at radius 1 is 1.04 bits per heavy atom. The van der Waals surface area contributed by atoms with Crippen molar-refractivity contribution in [1.29, 1.82) is 0 Å². The summed E-state index contributed by atoms with van der Waals surface area (Å²) >= 11 is 12.2. The van der Waals surface area contributed by atoms with Gasteiger partial charge < -0.3 is 10.4 Å². The number of piperidine rings is 1. The molecule has 0 radical (unpaired) electrons. The monoisotopic (exact) mass is 386 g/mol. The molecule has 4 rings (SSSR count). The molecule has 2 atom stereocenters. The highest BCUT2D eigenvalue weighted by Crippen LogP contribution is 2.34. The highest BCUT2D eigenvalue weighted by Gasteiger charge is 2.25. The number of aliphatic hydroxyl groups excluding tert-OH is 1. The summed E-state index contributed by atoms with van der Waals surface area (Å²) in [5, 5.41) is 16.5. The Kier molecular flexibility index (Phi) is 5.14. The van der Waals surface area contributed by atoms with Crippen molar-refractivity contribution in [3.63, 3.8) is 0 Å². The van der Waals surface area contributed by atoms with Gasteiger partial charge in [-0.25, -0.2) is 4.98 Å². The Hall–Kier alpha value is -1.65. The lowest BCUT2D eigenvalue weighted by molar-refractivity contribution is 0.115. The minimum Gasteiger partial charge on any atom is -0.387 e. The Bertz CT molecular complexity index is 938. The third-order valence-corrected chi connectivity index (χ3v) is 5.75. The van der Waals surface area contributed by atoms with E-state index in [1.165, 1.54) is 0 Å². The summed E-state index contributed by atoms with van der Waals surface area (Å²) in [6.07, 6.45) is 2.69. The molecule has 2 heterocycles. The normalized spacial score (nSPS) is 18.8. The van der Waals surface area contributed by atoms with Gasteiger partial charge in [-0.05, 0) is 49.2 Å². The van der Waals surface area contributed by atoms with Gasteiger partial charge in [-0.15, -0.1) is 0 Å². The molecule has 0 amide bonds. The summed E-state index contributed by atoms with van der Waals surface area (Å²) in [6.45, 7) is 0.949. The molecule has 0 saturated carbocycles. The maximum Gasteiger partial charge on any atom is 0.0950 e. The van der Waals surface area contributed by atoms with Gasteiger partial charge in [-0.1, -0.05) is 53.9 Å². The number of aliphatic hydroxyl groups is 1. The molecule has 1 saturated heterocycles. The molecular weight excluding hydrogens is 367 g/mol. The van der Waals surface area contributed by atoms with Crippen LogP contribution in [0.15, 0.2) is 48.5 Å². The highest BCUT2D eigenvalue weighted by atomic mass is 35.5. The number of hydrogen-bond donors (Lipinski definition) is 2. The minimum absolute atomic E-state index is 0.0659. The average molecular weight is 387 g/mol. The van der Waals surface area contributed by atoms with Crippen LogP contribution in [0, 0.1) is 0 Å². The molecule has 1 aliphatic heterocycles. The fraction of sp³-hybridized carbons (Fsp3) is 0.286. The Balaban J connectivity index is 1.83. The lowest BCUT2D eigenvalue weighted by atomic mass is 9.92. The molecule has 134 valence electrons. The van der Waals surface area contributed by atoms with Crippen molar-refractivity contribution in [2.75, 3.05) is 6.54 Å². The fourth-order valence-corrected chi connectivity index (χ4v) is 3.91. The summed E-state index contributed by atoms with van der Waals surface area (Å²) in [6, 6.07) is 15.5. The van der Waals surface area contributed by atoms with Crippen molar-refractivity contribution in [3.05, 3.63) is 64.1 Å². The van der Waals surface area contributed by atoms with Crippen molar-refractivity contribution < 1.29 is 5.11 Å². The fourth-order valence-electron chi connectivity index (χ4n) is 3.62. The van der Waals surface area contributed by atoms with Crippen LogP contribution in [-0.2, 0) is 0 Å². The SMILES string of the molecule is O[C@H](c1cc(-c2ccc(Cl)c(Cl)c2)nc2ccccc12)[C@H]1CCCCN1. The second-order valence-corrected chi connectivity index (χ2v) is 7.56. The third-order valence-electron chi connectivity index (χ3n) is 5.01. The third kappa shape index (κ3) is 3.45. The van der Waals surface area contributed by atoms with Crippen molar-refractivity contribution in [2.24, 2.45) is 0 Å². The van der Waals surface area contributed by atoms with E-state index in [2.05, 4.69) is 5.32 Å². The van der Waals surface area contributed by atoms with E-state index in [0.717, 1.165) is 53.5 Å². The first-order valence-electron chi connectivity index (χ1n) is 8.90. The number of nitrogens with one attached hydrogen (secondary N) is 1. The molecule has 0 bridgehead atoms. The van der Waals surface area contributed by atoms with Gasteiger partial charge in [0.15, 0.2) is 0 Å². The van der Waals surface area contributed by atoms with Gasteiger partial charge in [0, 0.05) is 17.0 Å². The summed E-state index contributed by atoms with van der Waals surface area (Å²) < 4.78 is 0. The number of nitrogens with zero attached hydrogens (tertiary/aromatic N) is 1. The van der Waals surface area contributed by atoms with E-state index in [4.69, 9.17) is 28.2 Å². The zero-order valence-corrected chi connectivity index (χ0v) is 15.8. The standard InChI is InChI=1S/C21H20Cl2N2O/c22-16-9-8-13(11-17(16)23)20-12-15(14-5-1-2-6-18(14)25-20)21(26)19-7-3-4-10-24-19/h1-2,5-6,8-9,11-12,19,21,24,26H,3-4,7,10H2/t19-,21-/m1/s1. The van der Waals surface area contributed by atoms with Gasteiger partial charge in [-0.2, -0.15) is 0 Å². The summed E-state index contributed by atoms with van der Waals surface area (Å²) in [5.74, 6) is 0. The number of para-hydroxylation sites is 1. The van der Waals surface area contributed by atoms with Crippen molar-refractivity contribution >= 4 is 34.1 Å². The summed E-state index contributed by atoms with van der Waals surface area (Å²) in [5.41, 5.74) is 3.43. The molecule has 0 unspecified atom stereocenters. The largest absolute Gasteiger partial charge is 0.387 e. The molecule has 26 heavy (non-hydrogen) atoms. The zero-order chi connectivity index (χ0) is 18.1. The zero-order valence-electron chi connectivity index (χ0n) is 14.3. The van der Waals surface area contributed by atoms with Gasteiger partial charge in [0.05, 0.1) is 27.4 Å². The van der Waals surface area contributed by atoms with E-state index in [1.54, 1.807) is 6.07 Å². The molecule has 1 fully saturated rings. The molecular formula is C21H20Cl2N2O. The number of halogens is 2. The molecule has 3 aromatic rings. The van der Waals surface area contributed by atoms with E-state index in [9.17, 15) is 5.11 Å². The molecule has 3 nitrogen and oxygen atoms in total. The summed E-state index contributed by atoms with van der Waals surface area (Å²) in [4.78, 5) is 4.77. The predicted molar refractivity (Wildman–Crippen MR) is 108 cm³/mol. The van der Waals surface area contributed by atoms with Gasteiger partial charge in [0.1, 0.15) is 0 Å². The Morgan fingerprint density at radius 2 is 1.88 bits per heavy atom. The van der Waals surface area contributed by atoms with Crippen LogP contribution >= 0.6 is 23.2 Å². The van der Waals surface area contributed by atoms with Crippen LogP contribution in [0.25, 0.3) is 22.2 Å². The average Bonchev–Trinajstić information content (AvgIpc) is 2.69. The van der Waals surface area contributed by atoms with Gasteiger partial charge in [0.2, 0.25) is 0 Å². The maximum absolute atomic E-state index is 11.1. The second kappa shape index (κ2) is 7.53. The minimum atomic E-state index is -0.579. The quantitative estimate of drug-likeness (QED) is 0.634. The second-order valence-electron chi connectivity index (χ2n) is 6.74. The van der Waals surface area contributed by atoms with Gasteiger partial charge in [-0.3, -0.25) is 0 Å². The number of pyridine rings is 1. The smallest absolute Gasteiger partial charge is 0.0950 e. The van der Waals surface area contributed by atoms with Crippen LogP contribution in [0.1, 0.15) is 30.9 Å². The molecule has 2 aromatic carbocycles. The predicted octanol–water partition coefficient (Wildman–Crippen LogP) is 5.38. The van der Waals surface area contributed by atoms with Crippen molar-refractivity contribution in [3.8, 4) is 11.3 Å². The maximum atomic E-state index is 11.1. The van der Waals surface area contributed by atoms with Crippen LogP contribution in [0.5, 0.6) is 0 Å². The van der Waals surface area contributed by atoms with Gasteiger partial charge >= 0.3 is 0 Å². The number of benzene rings is 2. The lowest BCUT2D eigenvalue weighted by Gasteiger charge is -2.29. The Morgan fingerprint density at radius 3 is 2.65 bits per heavy atom. The summed E-state index contributed by atoms with van der Waals surface area (Å²) in [7, 11) is 0. The first kappa shape index (κ1) is 17.7. The number of hydrogen-bond acceptors (Lipinski definition) is 3. The van der Waals surface area contributed by atoms with Crippen LogP contribution in [0.4, 0.5) is 0 Å². The molecule has 5 heteroatoms. The van der Waals surface area contributed by atoms with Crippen molar-refractivity contribution in [2.45, 2.75) is 31.4 Å². The van der Waals surface area contributed by atoms with E-state index >= 15 is 0 Å². The van der Waals surface area contributed by atoms with E-state index < -0.39 is 6.10 Å². The van der Waals surface area contributed by atoms with Gasteiger partial charge in [0.25, 0.3) is 0 Å². The number of aromatic nitrogens is 1. The molecule has 1 aromatic heterocycles. The topological polar surface area (TPSA) is 45.2 Å². The van der Waals surface area contributed by atoms with E-state index in [1.807, 2.05) is 42.5 Å².